The van der Waals surface area contributed by atoms with Gasteiger partial charge in [-0.25, -0.2) is 9.67 Å². The van der Waals surface area contributed by atoms with Gasteiger partial charge >= 0.3 is 0 Å². The van der Waals surface area contributed by atoms with Crippen LogP contribution in [0.1, 0.15) is 36.1 Å². The lowest BCUT2D eigenvalue weighted by Gasteiger charge is -2.17. The quantitative estimate of drug-likeness (QED) is 0.816. The minimum Gasteiger partial charge on any atom is -0.297 e. The number of halogens is 1. The number of aromatic nitrogens is 3. The van der Waals surface area contributed by atoms with Crippen LogP contribution in [0.3, 0.4) is 0 Å². The number of hydrogen-bond acceptors (Lipinski definition) is 4. The summed E-state index contributed by atoms with van der Waals surface area (Å²) in [7, 11) is 0. The lowest BCUT2D eigenvalue weighted by atomic mass is 10.1. The molecule has 6 nitrogen and oxygen atoms in total. The molecule has 7 heteroatoms. The van der Waals surface area contributed by atoms with Crippen LogP contribution in [0.15, 0.2) is 24.5 Å². The molecule has 1 amide bonds. The third-order valence-corrected chi connectivity index (χ3v) is 3.61. The van der Waals surface area contributed by atoms with Gasteiger partial charge in [-0.2, -0.15) is 5.10 Å². The van der Waals surface area contributed by atoms with Gasteiger partial charge in [-0.15, -0.1) is 0 Å². The highest BCUT2D eigenvalue weighted by Gasteiger charge is 2.36. The van der Waals surface area contributed by atoms with Crippen molar-refractivity contribution in [2.75, 3.05) is 4.90 Å². The van der Waals surface area contributed by atoms with Crippen molar-refractivity contribution in [3.8, 4) is 0 Å². The Bertz CT molecular complexity index is 738. The molecule has 0 fully saturated rings. The number of ketones is 1. The second kappa shape index (κ2) is 4.96. The summed E-state index contributed by atoms with van der Waals surface area (Å²) in [5.41, 5.74) is 0.899. The SMILES string of the molecule is CC(C)n1ncnc1CN1C(=O)C(=O)c2ccc(Cl)cc21. The predicted octanol–water partition coefficient (Wildman–Crippen LogP) is 2.24. The summed E-state index contributed by atoms with van der Waals surface area (Å²) < 4.78 is 1.72. The van der Waals surface area contributed by atoms with Crippen molar-refractivity contribution >= 4 is 29.0 Å². The second-order valence-electron chi connectivity index (χ2n) is 5.10. The fraction of sp³-hybridized carbons (Fsp3) is 0.286. The maximum Gasteiger partial charge on any atom is 0.299 e. The summed E-state index contributed by atoms with van der Waals surface area (Å²) in [6.45, 7) is 4.13. The molecular formula is C14H13ClN4O2. The Labute approximate surface area is 126 Å². The van der Waals surface area contributed by atoms with E-state index in [1.165, 1.54) is 11.2 Å². The summed E-state index contributed by atoms with van der Waals surface area (Å²) in [5, 5.41) is 4.61. The maximum absolute atomic E-state index is 12.2. The van der Waals surface area contributed by atoms with Gasteiger partial charge in [0.1, 0.15) is 12.2 Å². The normalized spacial score (nSPS) is 14.2. The summed E-state index contributed by atoms with van der Waals surface area (Å²) in [4.78, 5) is 29.7. The standard InChI is InChI=1S/C14H13ClN4O2/c1-8(2)19-12(16-7-17-19)6-18-11-5-9(15)3-4-10(11)13(20)14(18)21/h3-5,7-8H,6H2,1-2H3. The van der Waals surface area contributed by atoms with Gasteiger partial charge in [0.2, 0.25) is 0 Å². The van der Waals surface area contributed by atoms with Crippen LogP contribution in [-0.2, 0) is 11.3 Å². The number of amides is 1. The molecule has 108 valence electrons. The van der Waals surface area contributed by atoms with E-state index in [-0.39, 0.29) is 12.6 Å². The monoisotopic (exact) mass is 304 g/mol. The topological polar surface area (TPSA) is 68.1 Å². The largest absolute Gasteiger partial charge is 0.299 e. The second-order valence-corrected chi connectivity index (χ2v) is 5.53. The lowest BCUT2D eigenvalue weighted by molar-refractivity contribution is -0.114. The smallest absolute Gasteiger partial charge is 0.297 e. The molecule has 0 atom stereocenters. The molecule has 0 radical (unpaired) electrons. The van der Waals surface area contributed by atoms with Crippen LogP contribution < -0.4 is 4.90 Å². The van der Waals surface area contributed by atoms with Gasteiger partial charge in [-0.05, 0) is 32.0 Å². The Morgan fingerprint density at radius 2 is 2.05 bits per heavy atom. The van der Waals surface area contributed by atoms with Gasteiger partial charge in [0.15, 0.2) is 0 Å². The van der Waals surface area contributed by atoms with Crippen LogP contribution in [-0.4, -0.2) is 26.5 Å². The van der Waals surface area contributed by atoms with E-state index in [0.717, 1.165) is 0 Å². The van der Waals surface area contributed by atoms with Crippen LogP contribution in [0.4, 0.5) is 5.69 Å². The molecule has 0 unspecified atom stereocenters. The molecule has 1 aromatic heterocycles. The van der Waals surface area contributed by atoms with E-state index < -0.39 is 11.7 Å². The van der Waals surface area contributed by atoms with Crippen molar-refractivity contribution in [3.63, 3.8) is 0 Å². The Morgan fingerprint density at radius 1 is 1.29 bits per heavy atom. The van der Waals surface area contributed by atoms with Crippen LogP contribution in [0.5, 0.6) is 0 Å². The zero-order valence-corrected chi connectivity index (χ0v) is 12.3. The van der Waals surface area contributed by atoms with Crippen molar-refractivity contribution in [1.82, 2.24) is 14.8 Å². The van der Waals surface area contributed by atoms with Gasteiger partial charge in [-0.1, -0.05) is 11.6 Å². The number of anilines is 1. The molecule has 0 N–H and O–H groups in total. The lowest BCUT2D eigenvalue weighted by Crippen LogP contribution is -2.30. The van der Waals surface area contributed by atoms with Crippen molar-refractivity contribution in [3.05, 3.63) is 40.9 Å². The number of benzene rings is 1. The summed E-state index contributed by atoms with van der Waals surface area (Å²) in [6.07, 6.45) is 1.44. The average molecular weight is 305 g/mol. The van der Waals surface area contributed by atoms with Gasteiger partial charge < -0.3 is 0 Å². The third kappa shape index (κ3) is 2.21. The van der Waals surface area contributed by atoms with Gasteiger partial charge in [0, 0.05) is 11.1 Å². The van der Waals surface area contributed by atoms with Crippen LogP contribution in [0, 0.1) is 0 Å². The van der Waals surface area contributed by atoms with E-state index in [9.17, 15) is 9.59 Å². The summed E-state index contributed by atoms with van der Waals surface area (Å²) in [6, 6.07) is 4.92. The number of rotatable bonds is 3. The first-order chi connectivity index (χ1) is 9.99. The average Bonchev–Trinajstić information content (AvgIpc) is 2.99. The highest BCUT2D eigenvalue weighted by atomic mass is 35.5. The summed E-state index contributed by atoms with van der Waals surface area (Å²) >= 11 is 5.97. The number of carbonyl (C=O) groups excluding carboxylic acids is 2. The zero-order chi connectivity index (χ0) is 15.1. The molecule has 21 heavy (non-hydrogen) atoms. The van der Waals surface area contributed by atoms with Crippen molar-refractivity contribution in [2.45, 2.75) is 26.4 Å². The first-order valence-electron chi connectivity index (χ1n) is 6.53. The molecule has 1 aromatic carbocycles. The number of carbonyl (C=O) groups is 2. The molecule has 0 aliphatic carbocycles. The minimum atomic E-state index is -0.564. The molecule has 1 aliphatic heterocycles. The van der Waals surface area contributed by atoms with E-state index in [0.29, 0.717) is 22.1 Å². The van der Waals surface area contributed by atoms with Crippen LogP contribution in [0.2, 0.25) is 5.02 Å². The predicted molar refractivity (Wildman–Crippen MR) is 77.4 cm³/mol. The Hall–Kier alpha value is -2.21. The Morgan fingerprint density at radius 3 is 2.76 bits per heavy atom. The Balaban J connectivity index is 2.00. The number of Topliss-reactive ketones (excluding diaryl/α,β-unsaturated/α-hetero) is 1. The molecule has 0 spiro atoms. The van der Waals surface area contributed by atoms with Crippen molar-refractivity contribution in [1.29, 1.82) is 0 Å². The molecule has 1 aliphatic rings. The molecule has 0 saturated carbocycles. The first kappa shape index (κ1) is 13.8. The van der Waals surface area contributed by atoms with Crippen LogP contribution >= 0.6 is 11.6 Å². The molecule has 2 heterocycles. The van der Waals surface area contributed by atoms with E-state index in [4.69, 9.17) is 11.6 Å². The fourth-order valence-corrected chi connectivity index (χ4v) is 2.55. The molecular weight excluding hydrogens is 292 g/mol. The molecule has 3 rings (SSSR count). The van der Waals surface area contributed by atoms with Crippen molar-refractivity contribution in [2.24, 2.45) is 0 Å². The molecule has 2 aromatic rings. The third-order valence-electron chi connectivity index (χ3n) is 3.37. The summed E-state index contributed by atoms with van der Waals surface area (Å²) in [5.74, 6) is -0.457. The number of nitrogens with zero attached hydrogens (tertiary/aromatic N) is 4. The van der Waals surface area contributed by atoms with Gasteiger partial charge in [0.05, 0.1) is 17.8 Å². The number of fused-ring (bicyclic) bond motifs is 1. The van der Waals surface area contributed by atoms with Crippen molar-refractivity contribution < 1.29 is 9.59 Å². The van der Waals surface area contributed by atoms with E-state index in [1.54, 1.807) is 22.9 Å². The molecule has 0 bridgehead atoms. The van der Waals surface area contributed by atoms with Crippen LogP contribution in [0.25, 0.3) is 0 Å². The highest BCUT2D eigenvalue weighted by molar-refractivity contribution is 6.52. The fourth-order valence-electron chi connectivity index (χ4n) is 2.38. The van der Waals surface area contributed by atoms with Gasteiger partial charge in [0.25, 0.3) is 11.7 Å². The number of hydrogen-bond donors (Lipinski definition) is 0. The minimum absolute atomic E-state index is 0.120. The van der Waals surface area contributed by atoms with E-state index in [1.807, 2.05) is 13.8 Å². The Kier molecular flexibility index (Phi) is 3.25. The highest BCUT2D eigenvalue weighted by Crippen LogP contribution is 2.32. The van der Waals surface area contributed by atoms with Gasteiger partial charge in [-0.3, -0.25) is 14.5 Å². The zero-order valence-electron chi connectivity index (χ0n) is 11.6. The van der Waals surface area contributed by atoms with E-state index >= 15 is 0 Å². The first-order valence-corrected chi connectivity index (χ1v) is 6.91. The maximum atomic E-state index is 12.2. The molecule has 0 saturated heterocycles. The van der Waals surface area contributed by atoms with E-state index in [2.05, 4.69) is 10.1 Å².